The molecule has 1 rings (SSSR count). The molecule has 0 fully saturated rings. The highest BCUT2D eigenvalue weighted by Crippen LogP contribution is 2.46. The maximum Gasteiger partial charge on any atom is 0.289 e. The molecule has 0 spiro atoms. The number of hydrogen-bond donors (Lipinski definition) is 2. The molecule has 0 aromatic heterocycles. The Morgan fingerprint density at radius 1 is 1.09 bits per heavy atom. The molecule has 2 N–H and O–H groups in total. The van der Waals surface area contributed by atoms with Crippen molar-refractivity contribution in [3.8, 4) is 0 Å². The zero-order chi connectivity index (χ0) is 16.9. The lowest BCUT2D eigenvalue weighted by Gasteiger charge is -2.28. The van der Waals surface area contributed by atoms with E-state index in [1.54, 1.807) is 0 Å². The van der Waals surface area contributed by atoms with Crippen molar-refractivity contribution in [2.24, 2.45) is 0 Å². The van der Waals surface area contributed by atoms with Crippen LogP contribution in [0, 0.1) is 13.8 Å². The van der Waals surface area contributed by atoms with Crippen molar-refractivity contribution in [2.45, 2.75) is 53.8 Å². The van der Waals surface area contributed by atoms with Gasteiger partial charge in [0.2, 0.25) is 0 Å². The van der Waals surface area contributed by atoms with Crippen LogP contribution in [0.1, 0.15) is 38.8 Å². The number of nitrogens with one attached hydrogen (secondary N) is 2. The Bertz CT molecular complexity index is 563. The average molecular weight is 360 g/mol. The molecular weight excluding hydrogens is 335 g/mol. The molecule has 7 heteroatoms. The summed E-state index contributed by atoms with van der Waals surface area (Å²) >= 11 is 10.9. The summed E-state index contributed by atoms with van der Waals surface area (Å²) in [7, 11) is 0. The first-order valence-corrected chi connectivity index (χ1v) is 10.3. The van der Waals surface area contributed by atoms with Crippen molar-refractivity contribution in [3.05, 3.63) is 29.3 Å². The zero-order valence-corrected chi connectivity index (χ0v) is 16.5. The third-order valence-corrected chi connectivity index (χ3v) is 5.62. The van der Waals surface area contributed by atoms with Crippen LogP contribution in [-0.4, -0.2) is 17.3 Å². The smallest absolute Gasteiger partial charge is 0.289 e. The van der Waals surface area contributed by atoms with Crippen LogP contribution in [0.2, 0.25) is 0 Å². The monoisotopic (exact) mass is 360 g/mol. The molecule has 22 heavy (non-hydrogen) atoms. The van der Waals surface area contributed by atoms with E-state index in [1.165, 1.54) is 0 Å². The van der Waals surface area contributed by atoms with Gasteiger partial charge in [-0.1, -0.05) is 12.1 Å². The van der Waals surface area contributed by atoms with E-state index in [1.807, 2.05) is 53.7 Å². The van der Waals surface area contributed by atoms with Gasteiger partial charge in [0.1, 0.15) is 0 Å². The summed E-state index contributed by atoms with van der Waals surface area (Å²) in [6, 6.07) is 6.15. The molecule has 0 aliphatic heterocycles. The minimum absolute atomic E-state index is 0.0411. The second kappa shape index (κ2) is 8.37. The van der Waals surface area contributed by atoms with Crippen molar-refractivity contribution in [2.75, 3.05) is 5.32 Å². The molecule has 0 unspecified atom stereocenters. The molecule has 1 aromatic carbocycles. The summed E-state index contributed by atoms with van der Waals surface area (Å²) in [5, 5.41) is 6.64. The van der Waals surface area contributed by atoms with Gasteiger partial charge in [-0.3, -0.25) is 5.09 Å². The Morgan fingerprint density at radius 2 is 1.64 bits per heavy atom. The van der Waals surface area contributed by atoms with Crippen LogP contribution >= 0.6 is 18.9 Å². The van der Waals surface area contributed by atoms with Gasteiger partial charge >= 0.3 is 0 Å². The Hall–Kier alpha value is -0.520. The molecule has 1 aromatic rings. The van der Waals surface area contributed by atoms with Crippen LogP contribution in [0.5, 0.6) is 0 Å². The van der Waals surface area contributed by atoms with E-state index in [4.69, 9.17) is 33.1 Å². The summed E-state index contributed by atoms with van der Waals surface area (Å²) in [5.41, 5.74) is 3.22. The van der Waals surface area contributed by atoms with Crippen LogP contribution in [0.4, 0.5) is 5.69 Å². The van der Waals surface area contributed by atoms with Gasteiger partial charge in [-0.2, -0.15) is 0 Å². The lowest BCUT2D eigenvalue weighted by atomic mass is 10.1. The number of anilines is 1. The van der Waals surface area contributed by atoms with Crippen molar-refractivity contribution in [1.29, 1.82) is 0 Å². The standard InChI is InChI=1S/C15H25N2O2PS2/c1-10(2)18-20(22,19-11(3)4)17-15(21)16-14-9-12(5)7-8-13(14)6/h7-11H,1-6H3,(H2,16,17,21,22). The average Bonchev–Trinajstić information content (AvgIpc) is 2.30. The Balaban J connectivity index is 2.83. The highest BCUT2D eigenvalue weighted by atomic mass is 32.5. The van der Waals surface area contributed by atoms with Crippen LogP contribution in [0.15, 0.2) is 18.2 Å². The molecule has 0 heterocycles. The first-order chi connectivity index (χ1) is 10.1. The minimum Gasteiger partial charge on any atom is -0.332 e. The predicted octanol–water partition coefficient (Wildman–Crippen LogP) is 4.66. The molecule has 0 saturated carbocycles. The normalized spacial score (nSPS) is 11.8. The number of thiocarbonyl (C=S) groups is 1. The minimum atomic E-state index is -2.67. The third kappa shape index (κ3) is 6.71. The number of aryl methyl sites for hydroxylation is 2. The summed E-state index contributed by atoms with van der Waals surface area (Å²) < 4.78 is 11.6. The van der Waals surface area contributed by atoms with E-state index < -0.39 is 6.64 Å². The van der Waals surface area contributed by atoms with E-state index in [-0.39, 0.29) is 12.2 Å². The second-order valence-corrected chi connectivity index (χ2v) is 9.18. The molecule has 124 valence electrons. The van der Waals surface area contributed by atoms with Gasteiger partial charge in [0, 0.05) is 5.69 Å². The van der Waals surface area contributed by atoms with Crippen LogP contribution in [0.3, 0.4) is 0 Å². The largest absolute Gasteiger partial charge is 0.332 e. The van der Waals surface area contributed by atoms with Crippen molar-refractivity contribution in [3.63, 3.8) is 0 Å². The number of hydrogen-bond acceptors (Lipinski definition) is 4. The lowest BCUT2D eigenvalue weighted by molar-refractivity contribution is 0.172. The van der Waals surface area contributed by atoms with Crippen molar-refractivity contribution < 1.29 is 9.05 Å². The molecule has 0 radical (unpaired) electrons. The molecular formula is C15H25N2O2PS2. The van der Waals surface area contributed by atoms with Crippen LogP contribution in [0.25, 0.3) is 0 Å². The Labute approximate surface area is 144 Å². The lowest BCUT2D eigenvalue weighted by Crippen LogP contribution is -2.29. The molecule has 0 aliphatic rings. The summed E-state index contributed by atoms with van der Waals surface area (Å²) in [4.78, 5) is 0. The van der Waals surface area contributed by atoms with Gasteiger partial charge in [-0.25, -0.2) is 0 Å². The topological polar surface area (TPSA) is 42.5 Å². The molecule has 4 nitrogen and oxygen atoms in total. The first kappa shape index (κ1) is 19.5. The molecule has 0 aliphatic carbocycles. The van der Waals surface area contributed by atoms with E-state index in [2.05, 4.69) is 16.5 Å². The predicted molar refractivity (Wildman–Crippen MR) is 102 cm³/mol. The van der Waals surface area contributed by atoms with Gasteiger partial charge < -0.3 is 14.4 Å². The summed E-state index contributed by atoms with van der Waals surface area (Å²) in [6.07, 6.45) is -0.0822. The van der Waals surface area contributed by atoms with Crippen LogP contribution in [-0.2, 0) is 20.9 Å². The number of rotatable bonds is 6. The Morgan fingerprint density at radius 3 is 2.14 bits per heavy atom. The fraction of sp³-hybridized carbons (Fsp3) is 0.533. The fourth-order valence-corrected chi connectivity index (χ4v) is 5.30. The number of benzene rings is 1. The zero-order valence-electron chi connectivity index (χ0n) is 14.0. The van der Waals surface area contributed by atoms with Crippen LogP contribution < -0.4 is 10.4 Å². The van der Waals surface area contributed by atoms with E-state index in [9.17, 15) is 0 Å². The quantitative estimate of drug-likeness (QED) is 0.568. The third-order valence-electron chi connectivity index (χ3n) is 2.58. The molecule has 0 amide bonds. The van der Waals surface area contributed by atoms with Gasteiger partial charge in [-0.05, 0) is 82.8 Å². The van der Waals surface area contributed by atoms with Crippen molar-refractivity contribution >= 4 is 41.5 Å². The Kier molecular flexibility index (Phi) is 7.42. The molecule has 0 saturated heterocycles. The van der Waals surface area contributed by atoms with Gasteiger partial charge in [0.25, 0.3) is 6.64 Å². The molecule has 0 bridgehead atoms. The SMILES string of the molecule is Cc1ccc(C)c(NC(=S)NP(=S)(OC(C)C)OC(C)C)c1. The van der Waals surface area contributed by atoms with Gasteiger partial charge in [0.05, 0.1) is 12.2 Å². The van der Waals surface area contributed by atoms with E-state index in [0.29, 0.717) is 5.11 Å². The van der Waals surface area contributed by atoms with E-state index >= 15 is 0 Å². The van der Waals surface area contributed by atoms with E-state index in [0.717, 1.165) is 16.8 Å². The molecule has 0 atom stereocenters. The fourth-order valence-electron chi connectivity index (χ4n) is 1.78. The first-order valence-electron chi connectivity index (χ1n) is 7.24. The summed E-state index contributed by atoms with van der Waals surface area (Å²) in [6.45, 7) is 9.09. The van der Waals surface area contributed by atoms with Gasteiger partial charge in [0.15, 0.2) is 5.11 Å². The summed E-state index contributed by atoms with van der Waals surface area (Å²) in [5.74, 6) is 0. The maximum atomic E-state index is 5.78. The highest BCUT2D eigenvalue weighted by Gasteiger charge is 2.24. The van der Waals surface area contributed by atoms with Gasteiger partial charge in [-0.15, -0.1) is 0 Å². The highest BCUT2D eigenvalue weighted by molar-refractivity contribution is 8.09. The second-order valence-electron chi connectivity index (χ2n) is 5.69. The van der Waals surface area contributed by atoms with Crippen molar-refractivity contribution in [1.82, 2.24) is 5.09 Å². The maximum absolute atomic E-state index is 5.78.